The number of carboxylic acid groups (broad SMARTS) is 1. The summed E-state index contributed by atoms with van der Waals surface area (Å²) in [4.78, 5) is 13.5. The summed E-state index contributed by atoms with van der Waals surface area (Å²) in [5.41, 5.74) is 0.462. The second-order valence-corrected chi connectivity index (χ2v) is 6.68. The highest BCUT2D eigenvalue weighted by atomic mass is 16.4. The number of likely N-dealkylation sites (N-methyl/N-ethyl adjacent to an activating group) is 1. The van der Waals surface area contributed by atoms with Gasteiger partial charge in [-0.1, -0.05) is 20.8 Å². The molecule has 4 nitrogen and oxygen atoms in total. The van der Waals surface area contributed by atoms with Crippen molar-refractivity contribution in [1.82, 2.24) is 10.2 Å². The Morgan fingerprint density at radius 3 is 2.47 bits per heavy atom. The standard InChI is InChI=1S/C15H30N2O2/c1-5-10-16-13(14(18)19)11-17(4)12-6-8-15(2,3)9-7-12/h12-13,16H,5-11H2,1-4H3,(H,18,19). The molecular weight excluding hydrogens is 240 g/mol. The second-order valence-electron chi connectivity index (χ2n) is 6.68. The van der Waals surface area contributed by atoms with Crippen LogP contribution in [0.3, 0.4) is 0 Å². The molecule has 1 saturated carbocycles. The summed E-state index contributed by atoms with van der Waals surface area (Å²) in [6.07, 6.45) is 5.81. The van der Waals surface area contributed by atoms with Crippen LogP contribution in [0.15, 0.2) is 0 Å². The van der Waals surface area contributed by atoms with Gasteiger partial charge in [0.25, 0.3) is 0 Å². The Labute approximate surface area is 117 Å². The minimum Gasteiger partial charge on any atom is -0.480 e. The van der Waals surface area contributed by atoms with Crippen LogP contribution in [0.1, 0.15) is 52.9 Å². The van der Waals surface area contributed by atoms with E-state index < -0.39 is 12.0 Å². The van der Waals surface area contributed by atoms with Crippen molar-refractivity contribution in [2.45, 2.75) is 65.0 Å². The van der Waals surface area contributed by atoms with E-state index in [0.717, 1.165) is 13.0 Å². The van der Waals surface area contributed by atoms with E-state index in [0.29, 0.717) is 18.0 Å². The fraction of sp³-hybridized carbons (Fsp3) is 0.933. The molecule has 0 bridgehead atoms. The molecule has 0 saturated heterocycles. The molecule has 0 radical (unpaired) electrons. The molecule has 1 rings (SSSR count). The van der Waals surface area contributed by atoms with Crippen molar-refractivity contribution in [3.63, 3.8) is 0 Å². The Balaban J connectivity index is 2.44. The first kappa shape index (κ1) is 16.4. The van der Waals surface area contributed by atoms with Gasteiger partial charge in [0.1, 0.15) is 6.04 Å². The molecule has 1 fully saturated rings. The summed E-state index contributed by atoms with van der Waals surface area (Å²) < 4.78 is 0. The molecule has 1 unspecified atom stereocenters. The van der Waals surface area contributed by atoms with Crippen LogP contribution in [0, 0.1) is 5.41 Å². The average molecular weight is 270 g/mol. The predicted molar refractivity (Wildman–Crippen MR) is 78.4 cm³/mol. The van der Waals surface area contributed by atoms with E-state index in [4.69, 9.17) is 0 Å². The fourth-order valence-electron chi connectivity index (χ4n) is 2.81. The summed E-state index contributed by atoms with van der Waals surface area (Å²) in [7, 11) is 2.06. The summed E-state index contributed by atoms with van der Waals surface area (Å²) >= 11 is 0. The van der Waals surface area contributed by atoms with E-state index in [1.807, 2.05) is 0 Å². The lowest BCUT2D eigenvalue weighted by Gasteiger charge is -2.39. The van der Waals surface area contributed by atoms with Gasteiger partial charge in [-0.3, -0.25) is 4.79 Å². The van der Waals surface area contributed by atoms with Crippen molar-refractivity contribution in [2.75, 3.05) is 20.1 Å². The summed E-state index contributed by atoms with van der Waals surface area (Å²) in [6, 6.07) is 0.0955. The Morgan fingerprint density at radius 1 is 1.42 bits per heavy atom. The van der Waals surface area contributed by atoms with Gasteiger partial charge in [0.2, 0.25) is 0 Å². The van der Waals surface area contributed by atoms with Gasteiger partial charge in [-0.2, -0.15) is 0 Å². The van der Waals surface area contributed by atoms with Crippen molar-refractivity contribution in [3.05, 3.63) is 0 Å². The minimum atomic E-state index is -0.739. The molecule has 1 atom stereocenters. The number of carbonyl (C=O) groups is 1. The molecule has 0 spiro atoms. The number of rotatable bonds is 7. The van der Waals surface area contributed by atoms with Gasteiger partial charge in [-0.05, 0) is 51.1 Å². The van der Waals surface area contributed by atoms with Crippen LogP contribution in [-0.2, 0) is 4.79 Å². The maximum atomic E-state index is 11.2. The van der Waals surface area contributed by atoms with Crippen LogP contribution < -0.4 is 5.32 Å². The second kappa shape index (κ2) is 7.25. The molecule has 0 aromatic carbocycles. The van der Waals surface area contributed by atoms with Crippen molar-refractivity contribution in [1.29, 1.82) is 0 Å². The summed E-state index contributed by atoms with van der Waals surface area (Å²) in [5.74, 6) is -0.739. The number of hydrogen-bond donors (Lipinski definition) is 2. The highest BCUT2D eigenvalue weighted by Gasteiger charge is 2.30. The van der Waals surface area contributed by atoms with Crippen LogP contribution >= 0.6 is 0 Å². The van der Waals surface area contributed by atoms with Crippen molar-refractivity contribution >= 4 is 5.97 Å². The minimum absolute atomic E-state index is 0.445. The Bertz CT molecular complexity index is 282. The molecule has 0 aromatic rings. The zero-order valence-electron chi connectivity index (χ0n) is 12.9. The monoisotopic (exact) mass is 270 g/mol. The smallest absolute Gasteiger partial charge is 0.322 e. The highest BCUT2D eigenvalue weighted by molar-refractivity contribution is 5.73. The van der Waals surface area contributed by atoms with Gasteiger partial charge in [0.15, 0.2) is 0 Å². The number of nitrogens with zero attached hydrogens (tertiary/aromatic N) is 1. The first-order valence-electron chi connectivity index (χ1n) is 7.52. The zero-order valence-corrected chi connectivity index (χ0v) is 12.9. The third-order valence-electron chi connectivity index (χ3n) is 4.34. The Morgan fingerprint density at radius 2 is 2.00 bits per heavy atom. The van der Waals surface area contributed by atoms with Gasteiger partial charge in [0, 0.05) is 12.6 Å². The highest BCUT2D eigenvalue weighted by Crippen LogP contribution is 2.36. The summed E-state index contributed by atoms with van der Waals surface area (Å²) in [6.45, 7) is 8.07. The lowest BCUT2D eigenvalue weighted by atomic mass is 9.75. The lowest BCUT2D eigenvalue weighted by molar-refractivity contribution is -0.140. The summed E-state index contributed by atoms with van der Waals surface area (Å²) in [5, 5.41) is 12.4. The van der Waals surface area contributed by atoms with Gasteiger partial charge >= 0.3 is 5.97 Å². The lowest BCUT2D eigenvalue weighted by Crippen LogP contribution is -2.49. The molecule has 0 amide bonds. The number of nitrogens with one attached hydrogen (secondary N) is 1. The molecule has 0 aliphatic heterocycles. The third kappa shape index (κ3) is 5.49. The number of aliphatic carboxylic acids is 1. The van der Waals surface area contributed by atoms with Gasteiger partial charge in [0.05, 0.1) is 0 Å². The first-order valence-corrected chi connectivity index (χ1v) is 7.52. The number of hydrogen-bond acceptors (Lipinski definition) is 3. The first-order chi connectivity index (χ1) is 8.85. The SMILES string of the molecule is CCCNC(CN(C)C1CCC(C)(C)CC1)C(=O)O. The fourth-order valence-corrected chi connectivity index (χ4v) is 2.81. The van der Waals surface area contributed by atoms with E-state index in [1.54, 1.807) is 0 Å². The van der Waals surface area contributed by atoms with E-state index >= 15 is 0 Å². The third-order valence-corrected chi connectivity index (χ3v) is 4.34. The van der Waals surface area contributed by atoms with E-state index in [9.17, 15) is 9.90 Å². The van der Waals surface area contributed by atoms with Crippen LogP contribution in [-0.4, -0.2) is 48.2 Å². The molecule has 4 heteroatoms. The van der Waals surface area contributed by atoms with Crippen molar-refractivity contribution < 1.29 is 9.90 Å². The van der Waals surface area contributed by atoms with Gasteiger partial charge in [-0.15, -0.1) is 0 Å². The van der Waals surface area contributed by atoms with Gasteiger partial charge in [-0.25, -0.2) is 0 Å². The van der Waals surface area contributed by atoms with Crippen molar-refractivity contribution in [3.8, 4) is 0 Å². The molecule has 1 aliphatic carbocycles. The van der Waals surface area contributed by atoms with E-state index in [1.165, 1.54) is 25.7 Å². The Hall–Kier alpha value is -0.610. The zero-order chi connectivity index (χ0) is 14.5. The van der Waals surface area contributed by atoms with E-state index in [2.05, 4.69) is 38.0 Å². The molecule has 0 aromatic heterocycles. The molecular formula is C15H30N2O2. The van der Waals surface area contributed by atoms with Crippen LogP contribution in [0.4, 0.5) is 0 Å². The molecule has 1 aliphatic rings. The normalized spacial score (nSPS) is 21.5. The molecule has 112 valence electrons. The quantitative estimate of drug-likeness (QED) is 0.745. The van der Waals surface area contributed by atoms with Crippen LogP contribution in [0.2, 0.25) is 0 Å². The molecule has 2 N–H and O–H groups in total. The predicted octanol–water partition coefficient (Wildman–Crippen LogP) is 2.34. The molecule has 0 heterocycles. The van der Waals surface area contributed by atoms with Gasteiger partial charge < -0.3 is 15.3 Å². The average Bonchev–Trinajstić information content (AvgIpc) is 2.33. The van der Waals surface area contributed by atoms with Crippen LogP contribution in [0.25, 0.3) is 0 Å². The Kier molecular flexibility index (Phi) is 6.27. The van der Waals surface area contributed by atoms with Crippen LogP contribution in [0.5, 0.6) is 0 Å². The largest absolute Gasteiger partial charge is 0.480 e. The molecule has 19 heavy (non-hydrogen) atoms. The topological polar surface area (TPSA) is 52.6 Å². The maximum absolute atomic E-state index is 11.2. The van der Waals surface area contributed by atoms with E-state index in [-0.39, 0.29) is 0 Å². The maximum Gasteiger partial charge on any atom is 0.322 e. The number of carboxylic acids is 1. The van der Waals surface area contributed by atoms with Crippen molar-refractivity contribution in [2.24, 2.45) is 5.41 Å².